The van der Waals surface area contributed by atoms with E-state index in [1.807, 2.05) is 19.9 Å². The molecule has 0 bridgehead atoms. The van der Waals surface area contributed by atoms with Crippen molar-refractivity contribution in [1.29, 1.82) is 0 Å². The molecule has 1 atom stereocenters. The summed E-state index contributed by atoms with van der Waals surface area (Å²) in [5.41, 5.74) is 6.78. The van der Waals surface area contributed by atoms with E-state index in [1.54, 1.807) is 12.1 Å². The van der Waals surface area contributed by atoms with Crippen LogP contribution in [0.5, 0.6) is 5.75 Å². The number of aryl methyl sites for hydroxylation is 2. The largest absolute Gasteiger partial charge is 0.492 e. The lowest BCUT2D eigenvalue weighted by Gasteiger charge is -2.19. The third-order valence-electron chi connectivity index (χ3n) is 2.48. The van der Waals surface area contributed by atoms with E-state index in [-0.39, 0.29) is 0 Å². The molecule has 0 heterocycles. The Morgan fingerprint density at radius 3 is 2.26 bits per heavy atom. The highest BCUT2D eigenvalue weighted by atomic mass is 19.4. The van der Waals surface area contributed by atoms with Crippen LogP contribution in [-0.4, -0.2) is 23.8 Å². The molecule has 0 saturated carbocycles. The summed E-state index contributed by atoms with van der Waals surface area (Å²) in [7, 11) is 0. The summed E-state index contributed by atoms with van der Waals surface area (Å²) in [6.45, 7) is 2.89. The standard InChI is InChI=1S/C12H15F3N2O2/c1-7-3-8(2)5-9(4-7)19-6-10(11(16)17-18)12(13,14)15/h3-5,10,18H,6H2,1-2H3,(H2,16,17). The van der Waals surface area contributed by atoms with Gasteiger partial charge in [-0.2, -0.15) is 13.2 Å². The van der Waals surface area contributed by atoms with Gasteiger partial charge in [0.2, 0.25) is 0 Å². The van der Waals surface area contributed by atoms with Crippen molar-refractivity contribution >= 4 is 5.84 Å². The van der Waals surface area contributed by atoms with Crippen molar-refractivity contribution < 1.29 is 23.1 Å². The van der Waals surface area contributed by atoms with Gasteiger partial charge < -0.3 is 15.7 Å². The van der Waals surface area contributed by atoms with Gasteiger partial charge in [0.25, 0.3) is 0 Å². The summed E-state index contributed by atoms with van der Waals surface area (Å²) in [5, 5.41) is 10.8. The minimum Gasteiger partial charge on any atom is -0.492 e. The molecule has 1 rings (SSSR count). The molecule has 0 radical (unpaired) electrons. The molecular formula is C12H15F3N2O2. The summed E-state index contributed by atoms with van der Waals surface area (Å²) < 4.78 is 43.1. The van der Waals surface area contributed by atoms with Gasteiger partial charge in [-0.15, -0.1) is 0 Å². The quantitative estimate of drug-likeness (QED) is 0.384. The van der Waals surface area contributed by atoms with Gasteiger partial charge in [-0.05, 0) is 37.1 Å². The molecule has 0 aliphatic heterocycles. The van der Waals surface area contributed by atoms with Crippen LogP contribution < -0.4 is 10.5 Å². The summed E-state index contributed by atoms with van der Waals surface area (Å²) in [6, 6.07) is 5.11. The van der Waals surface area contributed by atoms with Crippen LogP contribution in [0.15, 0.2) is 23.4 Å². The number of benzene rings is 1. The monoisotopic (exact) mass is 276 g/mol. The van der Waals surface area contributed by atoms with Crippen LogP contribution in [0.4, 0.5) is 13.2 Å². The molecule has 0 aromatic heterocycles. The molecule has 106 valence electrons. The van der Waals surface area contributed by atoms with E-state index < -0.39 is 24.5 Å². The maximum Gasteiger partial charge on any atom is 0.402 e. The average molecular weight is 276 g/mol. The molecule has 0 fully saturated rings. The predicted molar refractivity (Wildman–Crippen MR) is 64.4 cm³/mol. The second-order valence-electron chi connectivity index (χ2n) is 4.25. The van der Waals surface area contributed by atoms with Gasteiger partial charge in [0.05, 0.1) is 0 Å². The molecular weight excluding hydrogens is 261 g/mol. The van der Waals surface area contributed by atoms with E-state index in [2.05, 4.69) is 5.16 Å². The first kappa shape index (κ1) is 15.1. The van der Waals surface area contributed by atoms with Gasteiger partial charge >= 0.3 is 6.18 Å². The maximum atomic E-state index is 12.7. The van der Waals surface area contributed by atoms with Crippen molar-refractivity contribution in [3.05, 3.63) is 29.3 Å². The number of ether oxygens (including phenoxy) is 1. The van der Waals surface area contributed by atoms with Gasteiger partial charge in [-0.3, -0.25) is 0 Å². The Kier molecular flexibility index (Phi) is 4.63. The minimum absolute atomic E-state index is 0.317. The lowest BCUT2D eigenvalue weighted by molar-refractivity contribution is -0.162. The Balaban J connectivity index is 2.82. The topological polar surface area (TPSA) is 67.8 Å². The Morgan fingerprint density at radius 2 is 1.84 bits per heavy atom. The molecule has 4 nitrogen and oxygen atoms in total. The second kappa shape index (κ2) is 5.81. The van der Waals surface area contributed by atoms with Gasteiger partial charge in [0.15, 0.2) is 5.84 Å². The number of halogens is 3. The zero-order valence-electron chi connectivity index (χ0n) is 10.5. The van der Waals surface area contributed by atoms with Gasteiger partial charge in [0.1, 0.15) is 18.3 Å². The number of nitrogens with zero attached hydrogens (tertiary/aromatic N) is 1. The van der Waals surface area contributed by atoms with Crippen LogP contribution in [0, 0.1) is 19.8 Å². The first-order valence-electron chi connectivity index (χ1n) is 5.49. The molecule has 0 amide bonds. The van der Waals surface area contributed by atoms with E-state index >= 15 is 0 Å². The summed E-state index contributed by atoms with van der Waals surface area (Å²) in [6.07, 6.45) is -4.63. The molecule has 1 unspecified atom stereocenters. The SMILES string of the molecule is Cc1cc(C)cc(OCC(/C(N)=N/O)C(F)(F)F)c1. The highest BCUT2D eigenvalue weighted by Crippen LogP contribution is 2.27. The fourth-order valence-electron chi connectivity index (χ4n) is 1.61. The van der Waals surface area contributed by atoms with Gasteiger partial charge in [-0.25, -0.2) is 0 Å². The smallest absolute Gasteiger partial charge is 0.402 e. The molecule has 0 spiro atoms. The number of oxime groups is 1. The van der Waals surface area contributed by atoms with Crippen LogP contribution in [0.25, 0.3) is 0 Å². The normalized spacial score (nSPS) is 14.3. The second-order valence-corrected chi connectivity index (χ2v) is 4.25. The van der Waals surface area contributed by atoms with Crippen LogP contribution >= 0.6 is 0 Å². The summed E-state index contributed by atoms with van der Waals surface area (Å²) in [4.78, 5) is 0. The van der Waals surface area contributed by atoms with Gasteiger partial charge in [-0.1, -0.05) is 11.2 Å². The Bertz CT molecular complexity index is 452. The number of hydrogen-bond acceptors (Lipinski definition) is 3. The molecule has 0 aliphatic rings. The third-order valence-corrected chi connectivity index (χ3v) is 2.48. The Labute approximate surface area is 108 Å². The van der Waals surface area contributed by atoms with Crippen molar-refractivity contribution in [2.24, 2.45) is 16.8 Å². The number of amidine groups is 1. The fraction of sp³-hybridized carbons (Fsp3) is 0.417. The van der Waals surface area contributed by atoms with Gasteiger partial charge in [0, 0.05) is 0 Å². The predicted octanol–water partition coefficient (Wildman–Crippen LogP) is 2.61. The van der Waals surface area contributed by atoms with Crippen molar-refractivity contribution in [3.63, 3.8) is 0 Å². The Hall–Kier alpha value is -1.92. The van der Waals surface area contributed by atoms with Crippen LogP contribution in [0.3, 0.4) is 0 Å². The number of alkyl halides is 3. The average Bonchev–Trinajstić information content (AvgIpc) is 2.25. The highest BCUT2D eigenvalue weighted by molar-refractivity contribution is 5.83. The lowest BCUT2D eigenvalue weighted by Crippen LogP contribution is -2.40. The first-order chi connectivity index (χ1) is 8.74. The molecule has 1 aromatic carbocycles. The number of nitrogens with two attached hydrogens (primary N) is 1. The summed E-state index contributed by atoms with van der Waals surface area (Å²) >= 11 is 0. The molecule has 0 aliphatic carbocycles. The van der Waals surface area contributed by atoms with E-state index in [0.29, 0.717) is 5.75 Å². The zero-order chi connectivity index (χ0) is 14.6. The third kappa shape index (κ3) is 4.35. The van der Waals surface area contributed by atoms with Crippen LogP contribution in [0.1, 0.15) is 11.1 Å². The van der Waals surface area contributed by atoms with E-state index in [9.17, 15) is 13.2 Å². The van der Waals surface area contributed by atoms with E-state index in [4.69, 9.17) is 15.7 Å². The molecule has 1 aromatic rings. The first-order valence-corrected chi connectivity index (χ1v) is 5.49. The number of hydrogen-bond donors (Lipinski definition) is 2. The van der Waals surface area contributed by atoms with Crippen molar-refractivity contribution in [1.82, 2.24) is 0 Å². The van der Waals surface area contributed by atoms with E-state index in [0.717, 1.165) is 11.1 Å². The Morgan fingerprint density at radius 1 is 1.32 bits per heavy atom. The zero-order valence-corrected chi connectivity index (χ0v) is 10.5. The van der Waals surface area contributed by atoms with E-state index in [1.165, 1.54) is 0 Å². The molecule has 3 N–H and O–H groups in total. The van der Waals surface area contributed by atoms with Crippen molar-refractivity contribution in [3.8, 4) is 5.75 Å². The van der Waals surface area contributed by atoms with Crippen molar-refractivity contribution in [2.45, 2.75) is 20.0 Å². The van der Waals surface area contributed by atoms with Crippen LogP contribution in [0.2, 0.25) is 0 Å². The molecule has 7 heteroatoms. The minimum atomic E-state index is -4.63. The fourth-order valence-corrected chi connectivity index (χ4v) is 1.61. The summed E-state index contributed by atoms with van der Waals surface area (Å²) in [5.74, 6) is -2.74. The lowest BCUT2D eigenvalue weighted by atomic mass is 10.1. The highest BCUT2D eigenvalue weighted by Gasteiger charge is 2.43. The van der Waals surface area contributed by atoms with Crippen molar-refractivity contribution in [2.75, 3.05) is 6.61 Å². The number of rotatable bonds is 4. The maximum absolute atomic E-state index is 12.7. The molecule has 19 heavy (non-hydrogen) atoms. The van der Waals surface area contributed by atoms with Crippen LogP contribution in [-0.2, 0) is 0 Å². The molecule has 0 saturated heterocycles.